The van der Waals surface area contributed by atoms with Gasteiger partial charge in [0.25, 0.3) is 0 Å². The molecule has 0 amide bonds. The summed E-state index contributed by atoms with van der Waals surface area (Å²) in [6.45, 7) is 4.25. The third-order valence-electron chi connectivity index (χ3n) is 2.97. The van der Waals surface area contributed by atoms with Gasteiger partial charge in [-0.25, -0.2) is 0 Å². The van der Waals surface area contributed by atoms with Gasteiger partial charge in [-0.15, -0.1) is 11.8 Å². The molecule has 0 spiro atoms. The molecule has 0 aromatic carbocycles. The van der Waals surface area contributed by atoms with Crippen LogP contribution in [-0.4, -0.2) is 30.3 Å². The van der Waals surface area contributed by atoms with Crippen LogP contribution in [0.15, 0.2) is 0 Å². The monoisotopic (exact) mass is 292 g/mol. The second kappa shape index (κ2) is 14.2. The Morgan fingerprint density at radius 1 is 1.11 bits per heavy atom. The summed E-state index contributed by atoms with van der Waals surface area (Å²) in [5, 5.41) is 0.00532. The Balaban J connectivity index is 3.70. The maximum Gasteiger partial charge on any atom is 0.319 e. The topological polar surface area (TPSA) is 26.3 Å². The molecule has 0 aliphatic carbocycles. The van der Waals surface area contributed by atoms with Crippen molar-refractivity contribution in [2.75, 3.05) is 19.0 Å². The van der Waals surface area contributed by atoms with Gasteiger partial charge >= 0.3 is 5.97 Å². The maximum absolute atomic E-state index is 11.9. The van der Waals surface area contributed by atoms with Gasteiger partial charge in [-0.05, 0) is 31.9 Å². The fourth-order valence-electron chi connectivity index (χ4n) is 1.85. The lowest BCUT2D eigenvalue weighted by Crippen LogP contribution is -2.20. The Hall–Kier alpha value is -0.250. The van der Waals surface area contributed by atoms with Crippen LogP contribution in [0.4, 0.5) is 4.39 Å². The summed E-state index contributed by atoms with van der Waals surface area (Å²) in [6.07, 6.45) is 8.13. The molecule has 1 atom stereocenters. The third kappa shape index (κ3) is 11.3. The predicted molar refractivity (Wildman–Crippen MR) is 81.5 cm³/mol. The first-order valence-corrected chi connectivity index (χ1v) is 8.65. The lowest BCUT2D eigenvalue weighted by molar-refractivity contribution is -0.142. The first-order chi connectivity index (χ1) is 9.26. The van der Waals surface area contributed by atoms with Crippen molar-refractivity contribution >= 4 is 17.7 Å². The summed E-state index contributed by atoms with van der Waals surface area (Å²) in [7, 11) is 0. The predicted octanol–water partition coefficient (Wildman–Crippen LogP) is 4.76. The molecule has 4 heteroatoms. The maximum atomic E-state index is 11.9. The molecule has 114 valence electrons. The van der Waals surface area contributed by atoms with Crippen molar-refractivity contribution in [1.29, 1.82) is 0 Å². The van der Waals surface area contributed by atoms with Gasteiger partial charge in [0.1, 0.15) is 5.25 Å². The fourth-order valence-corrected chi connectivity index (χ4v) is 3.04. The zero-order valence-corrected chi connectivity index (χ0v) is 13.3. The summed E-state index contributed by atoms with van der Waals surface area (Å²) < 4.78 is 17.0. The molecule has 0 fully saturated rings. The highest BCUT2D eigenvalue weighted by Crippen LogP contribution is 2.21. The summed E-state index contributed by atoms with van der Waals surface area (Å²) in [5.74, 6) is 0.946. The minimum Gasteiger partial charge on any atom is -0.465 e. The summed E-state index contributed by atoms with van der Waals surface area (Å²) in [6, 6.07) is 0. The average Bonchev–Trinajstić information content (AvgIpc) is 2.41. The summed E-state index contributed by atoms with van der Waals surface area (Å²) in [5.41, 5.74) is 0. The van der Waals surface area contributed by atoms with E-state index in [-0.39, 0.29) is 17.9 Å². The second-order valence-corrected chi connectivity index (χ2v) is 6.02. The number of carbonyl (C=O) groups excluding carboxylic acids is 1. The standard InChI is InChI=1S/C15H29FO2S/c1-3-5-11-14(15(17)18-4-2)19-13-10-8-6-7-9-12-16/h14H,3-13H2,1-2H3. The van der Waals surface area contributed by atoms with Crippen LogP contribution in [0.1, 0.15) is 65.2 Å². The van der Waals surface area contributed by atoms with Crippen LogP contribution in [0.3, 0.4) is 0 Å². The highest BCUT2D eigenvalue weighted by molar-refractivity contribution is 8.00. The second-order valence-electron chi connectivity index (χ2n) is 4.71. The Labute approximate surface area is 121 Å². The highest BCUT2D eigenvalue weighted by Gasteiger charge is 2.19. The molecule has 0 saturated carbocycles. The molecule has 0 aliphatic rings. The summed E-state index contributed by atoms with van der Waals surface area (Å²) >= 11 is 1.72. The van der Waals surface area contributed by atoms with Crippen LogP contribution in [-0.2, 0) is 9.53 Å². The quantitative estimate of drug-likeness (QED) is 0.361. The van der Waals surface area contributed by atoms with Crippen LogP contribution in [0, 0.1) is 0 Å². The van der Waals surface area contributed by atoms with Crippen molar-refractivity contribution in [1.82, 2.24) is 0 Å². The van der Waals surface area contributed by atoms with Crippen molar-refractivity contribution in [3.63, 3.8) is 0 Å². The van der Waals surface area contributed by atoms with Crippen LogP contribution >= 0.6 is 11.8 Å². The first-order valence-electron chi connectivity index (χ1n) is 7.60. The Kier molecular flexibility index (Phi) is 14.0. The van der Waals surface area contributed by atoms with Crippen LogP contribution < -0.4 is 0 Å². The number of unbranched alkanes of at least 4 members (excludes halogenated alkanes) is 5. The van der Waals surface area contributed by atoms with Crippen molar-refractivity contribution in [2.24, 2.45) is 0 Å². The van der Waals surface area contributed by atoms with E-state index in [2.05, 4.69) is 6.92 Å². The number of rotatable bonds is 13. The molecule has 0 heterocycles. The van der Waals surface area contributed by atoms with Gasteiger partial charge in [0, 0.05) is 0 Å². The largest absolute Gasteiger partial charge is 0.465 e. The molecular weight excluding hydrogens is 263 g/mol. The molecule has 0 aromatic rings. The lowest BCUT2D eigenvalue weighted by Gasteiger charge is -2.14. The molecular formula is C15H29FO2S. The first kappa shape index (κ1) is 18.8. The SMILES string of the molecule is CCCCC(SCCCCCCCF)C(=O)OCC. The van der Waals surface area contributed by atoms with E-state index in [0.717, 1.165) is 50.7 Å². The van der Waals surface area contributed by atoms with Crippen LogP contribution in [0.25, 0.3) is 0 Å². The van der Waals surface area contributed by atoms with E-state index in [1.54, 1.807) is 11.8 Å². The number of esters is 1. The van der Waals surface area contributed by atoms with Crippen molar-refractivity contribution in [3.8, 4) is 0 Å². The number of hydrogen-bond donors (Lipinski definition) is 0. The van der Waals surface area contributed by atoms with E-state index in [0.29, 0.717) is 13.0 Å². The van der Waals surface area contributed by atoms with Gasteiger partial charge in [-0.3, -0.25) is 9.18 Å². The normalized spacial score (nSPS) is 12.4. The van der Waals surface area contributed by atoms with E-state index < -0.39 is 0 Å². The van der Waals surface area contributed by atoms with Crippen LogP contribution in [0.5, 0.6) is 0 Å². The van der Waals surface area contributed by atoms with E-state index >= 15 is 0 Å². The van der Waals surface area contributed by atoms with E-state index in [1.807, 2.05) is 6.92 Å². The van der Waals surface area contributed by atoms with Crippen molar-refractivity contribution in [2.45, 2.75) is 70.5 Å². The van der Waals surface area contributed by atoms with Gasteiger partial charge in [0.2, 0.25) is 0 Å². The van der Waals surface area contributed by atoms with Crippen LogP contribution in [0.2, 0.25) is 0 Å². The van der Waals surface area contributed by atoms with Crippen molar-refractivity contribution in [3.05, 3.63) is 0 Å². The Morgan fingerprint density at radius 2 is 1.79 bits per heavy atom. The van der Waals surface area contributed by atoms with E-state index in [4.69, 9.17) is 4.74 Å². The number of carbonyl (C=O) groups is 1. The number of thioether (sulfide) groups is 1. The van der Waals surface area contributed by atoms with Gasteiger partial charge < -0.3 is 4.74 Å². The molecule has 19 heavy (non-hydrogen) atoms. The third-order valence-corrected chi connectivity index (χ3v) is 4.32. The van der Waals surface area contributed by atoms with E-state index in [1.165, 1.54) is 0 Å². The smallest absolute Gasteiger partial charge is 0.319 e. The minimum atomic E-state index is -0.198. The number of halogens is 1. The molecule has 0 aromatic heterocycles. The number of hydrogen-bond acceptors (Lipinski definition) is 3. The van der Waals surface area contributed by atoms with E-state index in [9.17, 15) is 9.18 Å². The lowest BCUT2D eigenvalue weighted by atomic mass is 10.2. The number of alkyl halides is 1. The minimum absolute atomic E-state index is 0.00532. The number of ether oxygens (including phenoxy) is 1. The molecule has 0 N–H and O–H groups in total. The molecule has 0 radical (unpaired) electrons. The molecule has 0 aliphatic heterocycles. The Bertz CT molecular complexity index is 212. The molecule has 0 saturated heterocycles. The molecule has 2 nitrogen and oxygen atoms in total. The average molecular weight is 292 g/mol. The van der Waals surface area contributed by atoms with Gasteiger partial charge in [-0.2, -0.15) is 0 Å². The van der Waals surface area contributed by atoms with Gasteiger partial charge in [0.05, 0.1) is 13.3 Å². The zero-order chi connectivity index (χ0) is 14.3. The van der Waals surface area contributed by atoms with Gasteiger partial charge in [-0.1, -0.05) is 39.0 Å². The van der Waals surface area contributed by atoms with Crippen molar-refractivity contribution < 1.29 is 13.9 Å². The molecule has 1 unspecified atom stereocenters. The van der Waals surface area contributed by atoms with Gasteiger partial charge in [0.15, 0.2) is 0 Å². The zero-order valence-electron chi connectivity index (χ0n) is 12.5. The summed E-state index contributed by atoms with van der Waals surface area (Å²) in [4.78, 5) is 11.8. The highest BCUT2D eigenvalue weighted by atomic mass is 32.2. The molecule has 0 rings (SSSR count). The molecule has 0 bridgehead atoms. The fraction of sp³-hybridized carbons (Fsp3) is 0.933. The Morgan fingerprint density at radius 3 is 2.42 bits per heavy atom.